The van der Waals surface area contributed by atoms with Gasteiger partial charge in [-0.05, 0) is 30.2 Å². The van der Waals surface area contributed by atoms with Crippen LogP contribution in [0.2, 0.25) is 0 Å². The number of rotatable bonds is 6. The van der Waals surface area contributed by atoms with Gasteiger partial charge in [-0.25, -0.2) is 9.36 Å². The highest BCUT2D eigenvalue weighted by Crippen LogP contribution is 2.31. The van der Waals surface area contributed by atoms with Gasteiger partial charge in [0.05, 0.1) is 18.0 Å². The van der Waals surface area contributed by atoms with Gasteiger partial charge < -0.3 is 5.32 Å². The Labute approximate surface area is 132 Å². The summed E-state index contributed by atoms with van der Waals surface area (Å²) in [5.41, 5.74) is 0. The number of aryl methyl sites for hydroxylation is 1. The molecule has 1 aliphatic carbocycles. The molecule has 2 aromatic rings. The van der Waals surface area contributed by atoms with E-state index in [9.17, 15) is 4.79 Å². The van der Waals surface area contributed by atoms with E-state index >= 15 is 0 Å². The topological polar surface area (TPSA) is 90.5 Å². The minimum Gasteiger partial charge on any atom is -0.310 e. The molecule has 0 atom stereocenters. The quantitative estimate of drug-likeness (QED) is 0.815. The fraction of sp³-hybridized carbons (Fsp3) is 0.615. The molecule has 8 nitrogen and oxygen atoms in total. The van der Waals surface area contributed by atoms with Crippen LogP contribution in [0.1, 0.15) is 38.6 Å². The van der Waals surface area contributed by atoms with E-state index in [0.29, 0.717) is 17.7 Å². The van der Waals surface area contributed by atoms with E-state index in [1.54, 1.807) is 10.9 Å². The number of carbonyl (C=O) groups excluding carboxylic acids is 1. The summed E-state index contributed by atoms with van der Waals surface area (Å²) in [6, 6.07) is 2.25. The molecule has 2 aromatic heterocycles. The van der Waals surface area contributed by atoms with Crippen LogP contribution in [0.15, 0.2) is 17.4 Å². The van der Waals surface area contributed by atoms with Crippen LogP contribution in [0.4, 0.5) is 5.82 Å². The van der Waals surface area contributed by atoms with E-state index in [1.807, 2.05) is 17.7 Å². The van der Waals surface area contributed by atoms with Gasteiger partial charge in [0.1, 0.15) is 5.82 Å². The van der Waals surface area contributed by atoms with Crippen molar-refractivity contribution in [1.29, 1.82) is 0 Å². The summed E-state index contributed by atoms with van der Waals surface area (Å²) >= 11 is 1.33. The first-order valence-corrected chi connectivity index (χ1v) is 8.49. The molecule has 1 fully saturated rings. The lowest BCUT2D eigenvalue weighted by atomic mass is 10.2. The van der Waals surface area contributed by atoms with Crippen molar-refractivity contribution in [3.8, 4) is 0 Å². The van der Waals surface area contributed by atoms with Crippen LogP contribution in [0, 0.1) is 0 Å². The molecule has 2 heterocycles. The Hall–Kier alpha value is -1.90. The summed E-state index contributed by atoms with van der Waals surface area (Å²) in [5, 5.41) is 19.3. The van der Waals surface area contributed by atoms with Crippen LogP contribution in [0.25, 0.3) is 0 Å². The molecule has 3 rings (SSSR count). The molecule has 1 N–H and O–H groups in total. The van der Waals surface area contributed by atoms with E-state index < -0.39 is 0 Å². The van der Waals surface area contributed by atoms with E-state index in [4.69, 9.17) is 0 Å². The van der Waals surface area contributed by atoms with Gasteiger partial charge in [0.15, 0.2) is 0 Å². The van der Waals surface area contributed by atoms with Crippen LogP contribution in [0.5, 0.6) is 0 Å². The number of carbonyl (C=O) groups is 1. The average molecular weight is 321 g/mol. The number of nitrogens with one attached hydrogen (secondary N) is 1. The summed E-state index contributed by atoms with van der Waals surface area (Å²) in [4.78, 5) is 12.1. The number of nitrogens with zero attached hydrogens (tertiary/aromatic N) is 6. The first-order valence-electron chi connectivity index (χ1n) is 7.50. The van der Waals surface area contributed by atoms with Gasteiger partial charge in [0.2, 0.25) is 11.1 Å². The molecule has 0 unspecified atom stereocenters. The Morgan fingerprint density at radius 1 is 1.45 bits per heavy atom. The van der Waals surface area contributed by atoms with Crippen LogP contribution < -0.4 is 5.32 Å². The first kappa shape index (κ1) is 15.0. The molecular formula is C13H19N7OS. The van der Waals surface area contributed by atoms with Gasteiger partial charge in [-0.3, -0.25) is 4.79 Å². The maximum Gasteiger partial charge on any atom is 0.235 e. The second-order valence-corrected chi connectivity index (χ2v) is 6.16. The van der Waals surface area contributed by atoms with Crippen LogP contribution in [0.3, 0.4) is 0 Å². The second kappa shape index (κ2) is 6.91. The smallest absolute Gasteiger partial charge is 0.235 e. The molecular weight excluding hydrogens is 302 g/mol. The summed E-state index contributed by atoms with van der Waals surface area (Å²) in [6.45, 7) is 2.64. The summed E-state index contributed by atoms with van der Waals surface area (Å²) in [7, 11) is 0. The molecule has 0 aliphatic heterocycles. The molecule has 9 heteroatoms. The minimum absolute atomic E-state index is 0.0737. The normalized spacial score (nSPS) is 15.3. The zero-order valence-corrected chi connectivity index (χ0v) is 13.3. The van der Waals surface area contributed by atoms with Gasteiger partial charge in [0, 0.05) is 12.6 Å². The third-order valence-corrected chi connectivity index (χ3v) is 4.70. The largest absolute Gasteiger partial charge is 0.310 e. The van der Waals surface area contributed by atoms with E-state index in [-0.39, 0.29) is 11.7 Å². The fourth-order valence-electron chi connectivity index (χ4n) is 2.66. The van der Waals surface area contributed by atoms with Gasteiger partial charge in [-0.2, -0.15) is 5.10 Å². The van der Waals surface area contributed by atoms with Gasteiger partial charge >= 0.3 is 0 Å². The molecule has 1 amide bonds. The fourth-order valence-corrected chi connectivity index (χ4v) is 3.40. The maximum atomic E-state index is 12.1. The lowest BCUT2D eigenvalue weighted by Crippen LogP contribution is -2.19. The highest BCUT2D eigenvalue weighted by molar-refractivity contribution is 7.99. The minimum atomic E-state index is -0.0737. The number of hydrogen-bond donors (Lipinski definition) is 1. The third-order valence-electron chi connectivity index (χ3n) is 3.74. The Bertz CT molecular complexity index is 632. The standard InChI is InChI=1S/C13H19N7OS/c1-2-19-13(16-17-18-19)22-9-12(21)15-11-7-8-14-20(11)10-5-3-4-6-10/h7-8,10H,2-6,9H2,1H3,(H,15,21). The van der Waals surface area contributed by atoms with Gasteiger partial charge in [0.25, 0.3) is 0 Å². The Balaban J connectivity index is 1.57. The first-order chi connectivity index (χ1) is 10.8. The number of aromatic nitrogens is 6. The van der Waals surface area contributed by atoms with Crippen molar-refractivity contribution in [3.63, 3.8) is 0 Å². The summed E-state index contributed by atoms with van der Waals surface area (Å²) in [5.74, 6) is 0.971. The number of hydrogen-bond acceptors (Lipinski definition) is 6. The molecule has 1 saturated carbocycles. The van der Waals surface area contributed by atoms with Crippen molar-refractivity contribution in [1.82, 2.24) is 30.0 Å². The third kappa shape index (κ3) is 3.29. The summed E-state index contributed by atoms with van der Waals surface area (Å²) in [6.07, 6.45) is 6.45. The van der Waals surface area contributed by atoms with Crippen LogP contribution in [-0.2, 0) is 11.3 Å². The number of tetrazole rings is 1. The van der Waals surface area contributed by atoms with Gasteiger partial charge in [-0.1, -0.05) is 24.6 Å². The predicted octanol–water partition coefficient (Wildman–Crippen LogP) is 1.74. The molecule has 0 bridgehead atoms. The molecule has 0 radical (unpaired) electrons. The zero-order valence-electron chi connectivity index (χ0n) is 12.5. The second-order valence-electron chi connectivity index (χ2n) is 5.21. The van der Waals surface area contributed by atoms with Crippen molar-refractivity contribution in [3.05, 3.63) is 12.3 Å². The molecule has 0 saturated heterocycles. The van der Waals surface area contributed by atoms with Crippen molar-refractivity contribution in [2.75, 3.05) is 11.1 Å². The van der Waals surface area contributed by atoms with Crippen molar-refractivity contribution in [2.45, 2.75) is 50.4 Å². The van der Waals surface area contributed by atoms with E-state index in [1.165, 1.54) is 24.6 Å². The Morgan fingerprint density at radius 3 is 3.05 bits per heavy atom. The molecule has 118 valence electrons. The molecule has 22 heavy (non-hydrogen) atoms. The lowest BCUT2D eigenvalue weighted by molar-refractivity contribution is -0.113. The highest BCUT2D eigenvalue weighted by atomic mass is 32.2. The van der Waals surface area contributed by atoms with Crippen molar-refractivity contribution < 1.29 is 4.79 Å². The molecule has 1 aliphatic rings. The monoisotopic (exact) mass is 321 g/mol. The van der Waals surface area contributed by atoms with Crippen LogP contribution in [-0.4, -0.2) is 41.6 Å². The van der Waals surface area contributed by atoms with E-state index in [0.717, 1.165) is 18.7 Å². The average Bonchev–Trinajstić information content (AvgIpc) is 3.25. The predicted molar refractivity (Wildman–Crippen MR) is 82.6 cm³/mol. The lowest BCUT2D eigenvalue weighted by Gasteiger charge is -2.14. The van der Waals surface area contributed by atoms with Gasteiger partial charge in [-0.15, -0.1) is 5.10 Å². The highest BCUT2D eigenvalue weighted by Gasteiger charge is 2.20. The molecule has 0 spiro atoms. The van der Waals surface area contributed by atoms with Crippen molar-refractivity contribution in [2.24, 2.45) is 0 Å². The molecule has 0 aromatic carbocycles. The van der Waals surface area contributed by atoms with E-state index in [2.05, 4.69) is 25.9 Å². The zero-order chi connectivity index (χ0) is 15.4. The SMILES string of the molecule is CCn1nnnc1SCC(=O)Nc1ccnn1C1CCCC1. The van der Waals surface area contributed by atoms with Crippen molar-refractivity contribution >= 4 is 23.5 Å². The summed E-state index contributed by atoms with van der Waals surface area (Å²) < 4.78 is 3.60. The maximum absolute atomic E-state index is 12.1. The number of thioether (sulfide) groups is 1. The Morgan fingerprint density at radius 2 is 2.27 bits per heavy atom. The van der Waals surface area contributed by atoms with Crippen LogP contribution >= 0.6 is 11.8 Å². The Kier molecular flexibility index (Phi) is 4.71. The number of amides is 1. The number of anilines is 1.